The fourth-order valence-electron chi connectivity index (χ4n) is 3.77. The number of nitrogens with one attached hydrogen (secondary N) is 2. The van der Waals surface area contributed by atoms with Gasteiger partial charge in [0.15, 0.2) is 17.5 Å². The second-order valence-corrected chi connectivity index (χ2v) is 7.54. The number of fused-ring (bicyclic) bond motifs is 1. The van der Waals surface area contributed by atoms with Gasteiger partial charge in [0.1, 0.15) is 5.82 Å². The predicted octanol–water partition coefficient (Wildman–Crippen LogP) is 1.55. The zero-order valence-electron chi connectivity index (χ0n) is 19.4. The molecule has 1 aromatic heterocycles. The lowest BCUT2D eigenvalue weighted by Crippen LogP contribution is -2.38. The largest absolute Gasteiger partial charge is 0.493 e. The summed E-state index contributed by atoms with van der Waals surface area (Å²) in [6.07, 6.45) is 3.81. The minimum atomic E-state index is 0.00248. The van der Waals surface area contributed by atoms with Crippen LogP contribution in [0.25, 0.3) is 0 Å². The summed E-state index contributed by atoms with van der Waals surface area (Å²) < 4.78 is 19.6. The number of rotatable bonds is 10. The van der Waals surface area contributed by atoms with Crippen molar-refractivity contribution in [3.63, 3.8) is 0 Å². The molecule has 2 N–H and O–H groups in total. The van der Waals surface area contributed by atoms with Gasteiger partial charge >= 0.3 is 5.69 Å². The van der Waals surface area contributed by atoms with Crippen LogP contribution in [0.2, 0.25) is 0 Å². The van der Waals surface area contributed by atoms with Gasteiger partial charge in [0, 0.05) is 32.6 Å². The zero-order valence-corrected chi connectivity index (χ0v) is 19.4. The Labute approximate surface area is 188 Å². The summed E-state index contributed by atoms with van der Waals surface area (Å²) in [6, 6.07) is 3.78. The first kappa shape index (κ1) is 23.5. The summed E-state index contributed by atoms with van der Waals surface area (Å²) in [6.45, 7) is 5.25. The minimum Gasteiger partial charge on any atom is -0.493 e. The summed E-state index contributed by atoms with van der Waals surface area (Å²) in [5, 5.41) is 11.1. The fourth-order valence-corrected chi connectivity index (χ4v) is 3.77. The third-order valence-electron chi connectivity index (χ3n) is 5.36. The molecular weight excluding hydrogens is 412 g/mol. The van der Waals surface area contributed by atoms with Crippen molar-refractivity contribution >= 4 is 5.96 Å². The van der Waals surface area contributed by atoms with E-state index in [2.05, 4.69) is 20.7 Å². The molecule has 32 heavy (non-hydrogen) atoms. The molecule has 0 fully saturated rings. The number of ether oxygens (including phenoxy) is 3. The summed E-state index contributed by atoms with van der Waals surface area (Å²) in [5.41, 5.74) is 0.939. The van der Waals surface area contributed by atoms with Gasteiger partial charge in [0.05, 0.1) is 27.9 Å². The molecule has 0 saturated heterocycles. The van der Waals surface area contributed by atoms with Gasteiger partial charge in [-0.3, -0.25) is 4.57 Å². The van der Waals surface area contributed by atoms with Crippen LogP contribution in [0.1, 0.15) is 37.6 Å². The van der Waals surface area contributed by atoms with Gasteiger partial charge < -0.3 is 24.8 Å². The van der Waals surface area contributed by atoms with E-state index in [9.17, 15) is 4.79 Å². The second kappa shape index (κ2) is 11.4. The van der Waals surface area contributed by atoms with E-state index >= 15 is 0 Å². The van der Waals surface area contributed by atoms with Crippen molar-refractivity contribution in [2.45, 2.75) is 52.2 Å². The number of nitrogens with zero attached hydrogens (tertiary/aromatic N) is 4. The molecule has 1 aliphatic heterocycles. The highest BCUT2D eigenvalue weighted by molar-refractivity contribution is 5.79. The van der Waals surface area contributed by atoms with E-state index in [1.54, 1.807) is 30.6 Å². The molecule has 2 aromatic rings. The molecule has 0 spiro atoms. The van der Waals surface area contributed by atoms with Crippen molar-refractivity contribution in [3.8, 4) is 17.2 Å². The Morgan fingerprint density at radius 3 is 2.50 bits per heavy atom. The Morgan fingerprint density at radius 2 is 1.88 bits per heavy atom. The first-order chi connectivity index (χ1) is 15.6. The van der Waals surface area contributed by atoms with E-state index < -0.39 is 0 Å². The average Bonchev–Trinajstić information content (AvgIpc) is 3.14. The molecule has 1 aliphatic rings. The van der Waals surface area contributed by atoms with E-state index in [4.69, 9.17) is 14.2 Å². The van der Waals surface area contributed by atoms with Gasteiger partial charge in [0.25, 0.3) is 0 Å². The number of aryl methyl sites for hydroxylation is 2. The lowest BCUT2D eigenvalue weighted by molar-refractivity contribution is 0.324. The highest BCUT2D eigenvalue weighted by Gasteiger charge is 2.16. The van der Waals surface area contributed by atoms with Gasteiger partial charge in [-0.1, -0.05) is 0 Å². The van der Waals surface area contributed by atoms with Crippen LogP contribution in [0, 0.1) is 0 Å². The molecule has 0 radical (unpaired) electrons. The Morgan fingerprint density at radius 1 is 1.12 bits per heavy atom. The molecule has 0 bridgehead atoms. The smallest absolute Gasteiger partial charge is 0.345 e. The summed E-state index contributed by atoms with van der Waals surface area (Å²) >= 11 is 0. The van der Waals surface area contributed by atoms with E-state index in [1.165, 1.54) is 0 Å². The van der Waals surface area contributed by atoms with Gasteiger partial charge in [-0.05, 0) is 43.9 Å². The average molecular weight is 447 g/mol. The summed E-state index contributed by atoms with van der Waals surface area (Å²) in [7, 11) is 4.77. The van der Waals surface area contributed by atoms with Crippen LogP contribution >= 0.6 is 0 Å². The van der Waals surface area contributed by atoms with Crippen LogP contribution in [0.3, 0.4) is 0 Å². The number of hydrogen-bond donors (Lipinski definition) is 2. The molecule has 0 atom stereocenters. The summed E-state index contributed by atoms with van der Waals surface area (Å²) in [4.78, 5) is 17.1. The lowest BCUT2D eigenvalue weighted by Gasteiger charge is -2.14. The Balaban J connectivity index is 1.58. The fraction of sp³-hybridized carbons (Fsp3) is 0.591. The van der Waals surface area contributed by atoms with Crippen molar-refractivity contribution in [2.75, 3.05) is 34.4 Å². The first-order valence-electron chi connectivity index (χ1n) is 11.1. The van der Waals surface area contributed by atoms with Crippen LogP contribution < -0.4 is 30.5 Å². The number of benzene rings is 1. The van der Waals surface area contributed by atoms with Crippen LogP contribution in [0.15, 0.2) is 21.9 Å². The van der Waals surface area contributed by atoms with Crippen LogP contribution in [-0.4, -0.2) is 54.7 Å². The van der Waals surface area contributed by atoms with Gasteiger partial charge in [0.2, 0.25) is 5.75 Å². The normalized spacial score (nSPS) is 13.4. The molecule has 0 saturated carbocycles. The monoisotopic (exact) mass is 446 g/mol. The Hall–Kier alpha value is -3.17. The molecule has 0 amide bonds. The number of aromatic nitrogens is 3. The van der Waals surface area contributed by atoms with E-state index in [1.807, 2.05) is 19.1 Å². The molecule has 10 nitrogen and oxygen atoms in total. The topological polar surface area (TPSA) is 104 Å². The Kier molecular flexibility index (Phi) is 8.41. The predicted molar refractivity (Wildman–Crippen MR) is 123 cm³/mol. The molecule has 1 aromatic carbocycles. The van der Waals surface area contributed by atoms with Crippen LogP contribution in [-0.2, 0) is 26.1 Å². The van der Waals surface area contributed by atoms with E-state index in [0.29, 0.717) is 42.8 Å². The van der Waals surface area contributed by atoms with Crippen molar-refractivity contribution in [1.82, 2.24) is 25.0 Å². The second-order valence-electron chi connectivity index (χ2n) is 7.54. The highest BCUT2D eigenvalue weighted by atomic mass is 16.5. The quantitative estimate of drug-likeness (QED) is 0.324. The number of hydrogen-bond acceptors (Lipinski definition) is 6. The third-order valence-corrected chi connectivity index (χ3v) is 5.36. The van der Waals surface area contributed by atoms with Gasteiger partial charge in [-0.15, -0.1) is 0 Å². The standard InChI is InChI=1S/C22H34N6O4/c1-5-23-21(25-15-16-13-17(30-2)20(32-4)18(14-16)31-3)24-10-8-12-28-22(29)27-11-7-6-9-19(27)26-28/h13-14H,5-12,15H2,1-4H3,(H2,23,24,25). The van der Waals surface area contributed by atoms with Crippen LogP contribution in [0.5, 0.6) is 17.2 Å². The maximum absolute atomic E-state index is 12.4. The highest BCUT2D eigenvalue weighted by Crippen LogP contribution is 2.38. The van der Waals surface area contributed by atoms with Crippen molar-refractivity contribution in [3.05, 3.63) is 34.0 Å². The van der Waals surface area contributed by atoms with E-state index in [-0.39, 0.29) is 5.69 Å². The van der Waals surface area contributed by atoms with Gasteiger partial charge in [-0.25, -0.2) is 14.5 Å². The zero-order chi connectivity index (χ0) is 22.9. The number of aliphatic imine (C=N–C) groups is 1. The molecule has 10 heteroatoms. The van der Waals surface area contributed by atoms with Crippen LogP contribution in [0.4, 0.5) is 0 Å². The third kappa shape index (κ3) is 5.54. The van der Waals surface area contributed by atoms with Crippen molar-refractivity contribution in [2.24, 2.45) is 4.99 Å². The van der Waals surface area contributed by atoms with E-state index in [0.717, 1.165) is 50.2 Å². The maximum Gasteiger partial charge on any atom is 0.345 e. The molecule has 2 heterocycles. The SMILES string of the molecule is CCNC(=NCc1cc(OC)c(OC)c(OC)c1)NCCCn1nc2n(c1=O)CCCC2. The lowest BCUT2D eigenvalue weighted by atomic mass is 10.2. The van der Waals surface area contributed by atoms with Crippen molar-refractivity contribution < 1.29 is 14.2 Å². The number of methoxy groups -OCH3 is 3. The summed E-state index contributed by atoms with van der Waals surface area (Å²) in [5.74, 6) is 3.38. The molecule has 176 valence electrons. The molecule has 0 unspecified atom stereocenters. The Bertz CT molecular complexity index is 956. The minimum absolute atomic E-state index is 0.00248. The maximum atomic E-state index is 12.4. The van der Waals surface area contributed by atoms with Gasteiger partial charge in [-0.2, -0.15) is 5.10 Å². The molecular formula is C22H34N6O4. The first-order valence-corrected chi connectivity index (χ1v) is 11.1. The molecule has 3 rings (SSSR count). The molecule has 0 aliphatic carbocycles. The number of guanidine groups is 1. The van der Waals surface area contributed by atoms with Crippen molar-refractivity contribution in [1.29, 1.82) is 0 Å².